The monoisotopic (exact) mass is 470 g/mol. The van der Waals surface area contributed by atoms with E-state index in [2.05, 4.69) is 25.9 Å². The van der Waals surface area contributed by atoms with Gasteiger partial charge in [-0.1, -0.05) is 13.8 Å². The summed E-state index contributed by atoms with van der Waals surface area (Å²) in [6, 6.07) is -3.80. The highest BCUT2D eigenvalue weighted by molar-refractivity contribution is 7.98. The summed E-state index contributed by atoms with van der Waals surface area (Å²) in [5.74, 6) is -2.12. The molecule has 180 valence electrons. The first-order chi connectivity index (χ1) is 15.0. The fraction of sp³-hybridized carbons (Fsp3) is 0.650. The van der Waals surface area contributed by atoms with E-state index in [1.165, 1.54) is 25.0 Å². The molecule has 0 spiro atoms. The Hall–Kier alpha value is -2.60. The van der Waals surface area contributed by atoms with E-state index in [-0.39, 0.29) is 18.8 Å². The van der Waals surface area contributed by atoms with Crippen LogP contribution in [0, 0.1) is 5.92 Å². The maximum Gasteiger partial charge on any atom is 0.326 e. The molecule has 0 fully saturated rings. The maximum absolute atomic E-state index is 12.7. The number of carboxylic acids is 1. The van der Waals surface area contributed by atoms with E-state index in [0.29, 0.717) is 17.9 Å². The molecule has 0 saturated heterocycles. The predicted octanol–water partition coefficient (Wildman–Crippen LogP) is -0.362. The Bertz CT molecular complexity index is 758. The number of carbonyl (C=O) groups excluding carboxylic acids is 3. The first-order valence-electron chi connectivity index (χ1n) is 10.4. The average molecular weight is 471 g/mol. The van der Waals surface area contributed by atoms with Crippen LogP contribution in [0.5, 0.6) is 0 Å². The van der Waals surface area contributed by atoms with Crippen molar-refractivity contribution in [1.29, 1.82) is 0 Å². The number of carboxylic acid groups (broad SMARTS) is 1. The van der Waals surface area contributed by atoms with Crippen LogP contribution in [0.2, 0.25) is 0 Å². The molecule has 12 heteroatoms. The number of carbonyl (C=O) groups is 4. The lowest BCUT2D eigenvalue weighted by atomic mass is 10.0. The number of thioether (sulfide) groups is 1. The van der Waals surface area contributed by atoms with Gasteiger partial charge in [-0.3, -0.25) is 14.4 Å². The minimum atomic E-state index is -1.14. The van der Waals surface area contributed by atoms with Crippen LogP contribution in [0.3, 0.4) is 0 Å². The maximum atomic E-state index is 12.7. The van der Waals surface area contributed by atoms with Gasteiger partial charge >= 0.3 is 5.97 Å². The molecule has 1 rings (SSSR count). The third kappa shape index (κ3) is 9.69. The van der Waals surface area contributed by atoms with Crippen LogP contribution < -0.4 is 21.7 Å². The van der Waals surface area contributed by atoms with Crippen LogP contribution in [0.25, 0.3) is 0 Å². The second-order valence-corrected chi connectivity index (χ2v) is 8.97. The van der Waals surface area contributed by atoms with E-state index in [4.69, 9.17) is 5.73 Å². The number of aliphatic carboxylic acids is 1. The molecule has 4 atom stereocenters. The Labute approximate surface area is 192 Å². The van der Waals surface area contributed by atoms with Crippen LogP contribution in [-0.2, 0) is 25.6 Å². The van der Waals surface area contributed by atoms with E-state index in [0.717, 1.165) is 0 Å². The van der Waals surface area contributed by atoms with E-state index in [1.54, 1.807) is 6.20 Å². The van der Waals surface area contributed by atoms with Gasteiger partial charge in [0.2, 0.25) is 17.7 Å². The van der Waals surface area contributed by atoms with Gasteiger partial charge < -0.3 is 31.8 Å². The number of amides is 3. The summed E-state index contributed by atoms with van der Waals surface area (Å²) >= 11 is 1.51. The van der Waals surface area contributed by atoms with Crippen LogP contribution >= 0.6 is 11.8 Å². The van der Waals surface area contributed by atoms with Gasteiger partial charge in [-0.15, -0.1) is 0 Å². The van der Waals surface area contributed by atoms with Crippen molar-refractivity contribution in [2.45, 2.75) is 64.2 Å². The van der Waals surface area contributed by atoms with Gasteiger partial charge in [0.15, 0.2) is 0 Å². The first-order valence-corrected chi connectivity index (χ1v) is 11.8. The second-order valence-electron chi connectivity index (χ2n) is 7.99. The summed E-state index contributed by atoms with van der Waals surface area (Å²) in [6.07, 6.45) is 5.76. The molecule has 11 nitrogen and oxygen atoms in total. The van der Waals surface area contributed by atoms with Gasteiger partial charge in [0.05, 0.1) is 12.4 Å². The molecule has 0 aliphatic heterocycles. The fourth-order valence-electron chi connectivity index (χ4n) is 2.88. The molecule has 0 saturated carbocycles. The van der Waals surface area contributed by atoms with Crippen molar-refractivity contribution in [3.05, 3.63) is 18.2 Å². The zero-order chi connectivity index (χ0) is 24.3. The molecule has 1 aromatic heterocycles. The van der Waals surface area contributed by atoms with Crippen LogP contribution in [0.4, 0.5) is 0 Å². The highest BCUT2D eigenvalue weighted by Gasteiger charge is 2.28. The van der Waals surface area contributed by atoms with Crippen molar-refractivity contribution in [2.75, 3.05) is 12.0 Å². The summed E-state index contributed by atoms with van der Waals surface area (Å²) in [5, 5.41) is 16.9. The third-order valence-corrected chi connectivity index (χ3v) is 5.29. The Kier molecular flexibility index (Phi) is 11.8. The van der Waals surface area contributed by atoms with Crippen molar-refractivity contribution >= 4 is 35.5 Å². The van der Waals surface area contributed by atoms with Crippen molar-refractivity contribution < 1.29 is 24.3 Å². The smallest absolute Gasteiger partial charge is 0.326 e. The molecular formula is C20H34N6O5S. The van der Waals surface area contributed by atoms with Gasteiger partial charge in [-0.05, 0) is 37.7 Å². The van der Waals surface area contributed by atoms with E-state index in [1.807, 2.05) is 20.1 Å². The highest BCUT2D eigenvalue weighted by atomic mass is 32.2. The number of nitrogens with two attached hydrogens (primary N) is 1. The summed E-state index contributed by atoms with van der Waals surface area (Å²) < 4.78 is 0. The number of nitrogens with zero attached hydrogens (tertiary/aromatic N) is 1. The fourth-order valence-corrected chi connectivity index (χ4v) is 3.35. The molecular weight excluding hydrogens is 436 g/mol. The number of rotatable bonds is 14. The number of aromatic amines is 1. The lowest BCUT2D eigenvalue weighted by Crippen LogP contribution is -2.56. The summed E-state index contributed by atoms with van der Waals surface area (Å²) in [7, 11) is 0. The Morgan fingerprint density at radius 2 is 1.75 bits per heavy atom. The Balaban J connectivity index is 2.71. The lowest BCUT2D eigenvalue weighted by molar-refractivity contribution is -0.142. The molecule has 0 aliphatic carbocycles. The van der Waals surface area contributed by atoms with Crippen molar-refractivity contribution in [1.82, 2.24) is 25.9 Å². The van der Waals surface area contributed by atoms with E-state index >= 15 is 0 Å². The zero-order valence-corrected chi connectivity index (χ0v) is 19.7. The largest absolute Gasteiger partial charge is 0.480 e. The molecule has 7 N–H and O–H groups in total. The SMILES string of the molecule is CSCCC(NC(=O)C(N)Cc1cnc[nH]1)C(=O)NC(C)C(=O)NC(CC(C)C)C(=O)O. The average Bonchev–Trinajstić information content (AvgIpc) is 3.22. The van der Waals surface area contributed by atoms with Gasteiger partial charge in [-0.2, -0.15) is 11.8 Å². The summed E-state index contributed by atoms with van der Waals surface area (Å²) in [4.78, 5) is 55.8. The molecule has 0 bridgehead atoms. The summed E-state index contributed by atoms with van der Waals surface area (Å²) in [5.41, 5.74) is 6.63. The number of nitrogens with one attached hydrogen (secondary N) is 4. The van der Waals surface area contributed by atoms with Crippen LogP contribution in [0.15, 0.2) is 12.5 Å². The Morgan fingerprint density at radius 1 is 1.09 bits per heavy atom. The number of hydrogen-bond donors (Lipinski definition) is 6. The van der Waals surface area contributed by atoms with Crippen molar-refractivity contribution in [2.24, 2.45) is 11.7 Å². The quantitative estimate of drug-likeness (QED) is 0.213. The Morgan fingerprint density at radius 3 is 2.28 bits per heavy atom. The molecule has 4 unspecified atom stereocenters. The molecule has 1 aromatic rings. The minimum absolute atomic E-state index is 0.0680. The van der Waals surface area contributed by atoms with Crippen LogP contribution in [-0.4, -0.2) is 74.9 Å². The van der Waals surface area contributed by atoms with Crippen molar-refractivity contribution in [3.8, 4) is 0 Å². The zero-order valence-electron chi connectivity index (χ0n) is 18.9. The standard InChI is InChI=1S/C20H34N6O5S/c1-11(2)7-16(20(30)31)26-17(27)12(3)24-19(29)15(5-6-32-4)25-18(28)14(21)8-13-9-22-10-23-13/h9-12,14-16H,5-8,21H2,1-4H3,(H,22,23)(H,24,29)(H,25,28)(H,26,27)(H,30,31). The topological polar surface area (TPSA) is 179 Å². The highest BCUT2D eigenvalue weighted by Crippen LogP contribution is 2.06. The van der Waals surface area contributed by atoms with Gasteiger partial charge in [0, 0.05) is 18.3 Å². The third-order valence-electron chi connectivity index (χ3n) is 4.65. The summed E-state index contributed by atoms with van der Waals surface area (Å²) in [6.45, 7) is 5.16. The van der Waals surface area contributed by atoms with E-state index in [9.17, 15) is 24.3 Å². The predicted molar refractivity (Wildman–Crippen MR) is 122 cm³/mol. The van der Waals surface area contributed by atoms with E-state index < -0.39 is 47.9 Å². The van der Waals surface area contributed by atoms with Crippen molar-refractivity contribution in [3.63, 3.8) is 0 Å². The molecule has 1 heterocycles. The van der Waals surface area contributed by atoms with Crippen LogP contribution in [0.1, 0.15) is 39.3 Å². The molecule has 0 aliphatic rings. The van der Waals surface area contributed by atoms with Gasteiger partial charge in [0.1, 0.15) is 18.1 Å². The first kappa shape index (κ1) is 27.4. The second kappa shape index (κ2) is 13.7. The molecule has 0 radical (unpaired) electrons. The molecule has 0 aromatic carbocycles. The molecule has 3 amide bonds. The lowest BCUT2D eigenvalue weighted by Gasteiger charge is -2.23. The number of aromatic nitrogens is 2. The number of H-pyrrole nitrogens is 1. The van der Waals surface area contributed by atoms with Gasteiger partial charge in [0.25, 0.3) is 0 Å². The molecule has 32 heavy (non-hydrogen) atoms. The normalized spacial score (nSPS) is 14.8. The number of imidazole rings is 1. The number of hydrogen-bond acceptors (Lipinski definition) is 7. The van der Waals surface area contributed by atoms with Gasteiger partial charge in [-0.25, -0.2) is 9.78 Å². The minimum Gasteiger partial charge on any atom is -0.480 e.